The first kappa shape index (κ1) is 23.1. The Balaban J connectivity index is 1.64. The normalized spacial score (nSPS) is 10.8. The largest absolute Gasteiger partial charge is 0.508 e. The number of nitrogens with one attached hydrogen (secondary N) is 2. The van der Waals surface area contributed by atoms with E-state index in [2.05, 4.69) is 10.6 Å². The van der Waals surface area contributed by atoms with Gasteiger partial charge in [-0.15, -0.1) is 0 Å². The van der Waals surface area contributed by atoms with Crippen molar-refractivity contribution in [1.82, 2.24) is 0 Å². The van der Waals surface area contributed by atoms with Gasteiger partial charge in [0, 0.05) is 11.4 Å². The number of rotatable bonds is 7. The zero-order valence-electron chi connectivity index (χ0n) is 18.3. The third-order valence-electron chi connectivity index (χ3n) is 4.91. The average molecular weight is 441 g/mol. The number of ether oxygens (including phenoxy) is 1. The first-order valence-corrected chi connectivity index (χ1v) is 10.2. The van der Waals surface area contributed by atoms with Gasteiger partial charge in [0.2, 0.25) is 0 Å². The van der Waals surface area contributed by atoms with Crippen molar-refractivity contribution >= 4 is 29.3 Å². The summed E-state index contributed by atoms with van der Waals surface area (Å²) >= 11 is 0. The van der Waals surface area contributed by atoms with Gasteiger partial charge in [0.25, 0.3) is 11.8 Å². The Bertz CT molecular complexity index is 1240. The summed E-state index contributed by atoms with van der Waals surface area (Å²) in [6.07, 6.45) is 1.43. The van der Waals surface area contributed by atoms with Crippen LogP contribution < -0.4 is 15.4 Å². The highest BCUT2D eigenvalue weighted by Gasteiger charge is 2.11. The Morgan fingerprint density at radius 1 is 1.03 bits per heavy atom. The lowest BCUT2D eigenvalue weighted by molar-refractivity contribution is -0.118. The zero-order valence-corrected chi connectivity index (χ0v) is 18.3. The lowest BCUT2D eigenvalue weighted by atomic mass is 10.1. The summed E-state index contributed by atoms with van der Waals surface area (Å²) < 4.78 is 5.58. The molecular weight excluding hydrogens is 418 g/mol. The third kappa shape index (κ3) is 6.45. The van der Waals surface area contributed by atoms with E-state index in [-0.39, 0.29) is 23.8 Å². The number of benzene rings is 3. The summed E-state index contributed by atoms with van der Waals surface area (Å²) in [6, 6.07) is 20.2. The highest BCUT2D eigenvalue weighted by molar-refractivity contribution is 6.09. The smallest absolute Gasteiger partial charge is 0.266 e. The van der Waals surface area contributed by atoms with Crippen LogP contribution >= 0.6 is 0 Å². The Hall–Kier alpha value is -4.57. The van der Waals surface area contributed by atoms with Crippen molar-refractivity contribution in [3.05, 3.63) is 89.0 Å². The molecule has 3 N–H and O–H groups in total. The molecule has 3 rings (SSSR count). The maximum atomic E-state index is 12.4. The molecule has 0 aliphatic carbocycles. The standard InChI is InChI=1S/C26H23N3O4/c1-17-5-3-8-24(18(17)2)29-25(31)16-33-23-7-4-6-19(14-23)13-20(15-27)26(32)28-21-9-11-22(30)12-10-21/h3-14,30H,16H2,1-2H3,(H,28,32)(H,29,31)/b20-13+. The van der Waals surface area contributed by atoms with E-state index in [1.54, 1.807) is 24.3 Å². The molecule has 0 heterocycles. The predicted molar refractivity (Wildman–Crippen MR) is 127 cm³/mol. The van der Waals surface area contributed by atoms with Crippen molar-refractivity contribution in [3.63, 3.8) is 0 Å². The molecule has 3 aromatic rings. The van der Waals surface area contributed by atoms with Crippen LogP contribution in [-0.2, 0) is 9.59 Å². The number of aryl methyl sites for hydroxylation is 1. The molecule has 0 aromatic heterocycles. The Morgan fingerprint density at radius 3 is 2.48 bits per heavy atom. The van der Waals surface area contributed by atoms with E-state index in [0.29, 0.717) is 17.0 Å². The number of phenols is 1. The molecule has 0 aliphatic rings. The van der Waals surface area contributed by atoms with Gasteiger partial charge < -0.3 is 20.5 Å². The highest BCUT2D eigenvalue weighted by Crippen LogP contribution is 2.20. The van der Waals surface area contributed by atoms with Gasteiger partial charge in [-0.1, -0.05) is 24.3 Å². The third-order valence-corrected chi connectivity index (χ3v) is 4.91. The summed E-state index contributed by atoms with van der Waals surface area (Å²) in [5.41, 5.74) is 3.72. The maximum Gasteiger partial charge on any atom is 0.266 e. The van der Waals surface area contributed by atoms with E-state index >= 15 is 0 Å². The van der Waals surface area contributed by atoms with Gasteiger partial charge in [-0.25, -0.2) is 0 Å². The molecule has 166 valence electrons. The van der Waals surface area contributed by atoms with Gasteiger partial charge in [0.1, 0.15) is 23.1 Å². The number of carbonyl (C=O) groups is 2. The van der Waals surface area contributed by atoms with Gasteiger partial charge in [0.15, 0.2) is 6.61 Å². The Kier molecular flexibility index (Phi) is 7.45. The molecule has 7 heteroatoms. The maximum absolute atomic E-state index is 12.4. The number of hydrogen-bond donors (Lipinski definition) is 3. The van der Waals surface area contributed by atoms with E-state index in [9.17, 15) is 20.0 Å². The van der Waals surface area contributed by atoms with Crippen molar-refractivity contribution in [2.45, 2.75) is 13.8 Å². The molecule has 0 fully saturated rings. The lowest BCUT2D eigenvalue weighted by Crippen LogP contribution is -2.20. The van der Waals surface area contributed by atoms with Crippen LogP contribution in [-0.4, -0.2) is 23.5 Å². The molecule has 0 saturated heterocycles. The molecule has 33 heavy (non-hydrogen) atoms. The molecule has 0 unspecified atom stereocenters. The highest BCUT2D eigenvalue weighted by atomic mass is 16.5. The number of carbonyl (C=O) groups excluding carboxylic acids is 2. The molecule has 0 atom stereocenters. The molecule has 0 spiro atoms. The fraction of sp³-hybridized carbons (Fsp3) is 0.115. The minimum atomic E-state index is -0.581. The Morgan fingerprint density at radius 2 is 1.76 bits per heavy atom. The van der Waals surface area contributed by atoms with Crippen LogP contribution in [0.15, 0.2) is 72.3 Å². The second-order valence-corrected chi connectivity index (χ2v) is 7.33. The van der Waals surface area contributed by atoms with Crippen molar-refractivity contribution in [2.75, 3.05) is 17.2 Å². The van der Waals surface area contributed by atoms with E-state index in [1.807, 2.05) is 38.1 Å². The van der Waals surface area contributed by atoms with Crippen LogP contribution in [0, 0.1) is 25.2 Å². The first-order valence-electron chi connectivity index (χ1n) is 10.2. The summed E-state index contributed by atoms with van der Waals surface area (Å²) in [5, 5.41) is 24.2. The van der Waals surface area contributed by atoms with Crippen LogP contribution in [0.1, 0.15) is 16.7 Å². The molecular formula is C26H23N3O4. The van der Waals surface area contributed by atoms with Crippen molar-refractivity contribution in [3.8, 4) is 17.6 Å². The van der Waals surface area contributed by atoms with E-state index in [1.165, 1.54) is 30.3 Å². The summed E-state index contributed by atoms with van der Waals surface area (Å²) in [4.78, 5) is 24.7. The number of nitriles is 1. The fourth-order valence-electron chi connectivity index (χ4n) is 2.97. The quantitative estimate of drug-likeness (QED) is 0.282. The molecule has 7 nitrogen and oxygen atoms in total. The molecule has 0 bridgehead atoms. The zero-order chi connectivity index (χ0) is 23.8. The number of nitrogens with zero attached hydrogens (tertiary/aromatic N) is 1. The average Bonchev–Trinajstić information content (AvgIpc) is 2.81. The minimum Gasteiger partial charge on any atom is -0.508 e. The molecule has 3 aromatic carbocycles. The van der Waals surface area contributed by atoms with Gasteiger partial charge in [-0.3, -0.25) is 9.59 Å². The van der Waals surface area contributed by atoms with Crippen molar-refractivity contribution in [2.24, 2.45) is 0 Å². The molecule has 2 amide bonds. The van der Waals surface area contributed by atoms with Gasteiger partial charge >= 0.3 is 0 Å². The number of anilines is 2. The first-order chi connectivity index (χ1) is 15.9. The van der Waals surface area contributed by atoms with Gasteiger partial charge in [0.05, 0.1) is 0 Å². The lowest BCUT2D eigenvalue weighted by Gasteiger charge is -2.11. The second kappa shape index (κ2) is 10.6. The summed E-state index contributed by atoms with van der Waals surface area (Å²) in [6.45, 7) is 3.72. The van der Waals surface area contributed by atoms with Crippen LogP contribution in [0.3, 0.4) is 0 Å². The molecule has 0 saturated carbocycles. The van der Waals surface area contributed by atoms with Crippen molar-refractivity contribution < 1.29 is 19.4 Å². The summed E-state index contributed by atoms with van der Waals surface area (Å²) in [7, 11) is 0. The molecule has 0 radical (unpaired) electrons. The monoisotopic (exact) mass is 441 g/mol. The number of phenolic OH excluding ortho intramolecular Hbond substituents is 1. The summed E-state index contributed by atoms with van der Waals surface area (Å²) in [5.74, 6) is -0.377. The predicted octanol–water partition coefficient (Wildman–Crippen LogP) is 4.57. The molecule has 0 aliphatic heterocycles. The van der Waals surface area contributed by atoms with Crippen LogP contribution in [0.5, 0.6) is 11.5 Å². The van der Waals surface area contributed by atoms with E-state index < -0.39 is 5.91 Å². The minimum absolute atomic E-state index is 0.0727. The number of hydrogen-bond acceptors (Lipinski definition) is 5. The second-order valence-electron chi connectivity index (χ2n) is 7.33. The van der Waals surface area contributed by atoms with Crippen LogP contribution in [0.4, 0.5) is 11.4 Å². The van der Waals surface area contributed by atoms with E-state index in [4.69, 9.17) is 4.74 Å². The van der Waals surface area contributed by atoms with Gasteiger partial charge in [-0.2, -0.15) is 5.26 Å². The number of amides is 2. The Labute approximate surface area is 191 Å². The topological polar surface area (TPSA) is 111 Å². The van der Waals surface area contributed by atoms with E-state index in [0.717, 1.165) is 16.8 Å². The van der Waals surface area contributed by atoms with Gasteiger partial charge in [-0.05, 0) is 79.1 Å². The van der Waals surface area contributed by atoms with Crippen LogP contribution in [0.2, 0.25) is 0 Å². The fourth-order valence-corrected chi connectivity index (χ4v) is 2.97. The van der Waals surface area contributed by atoms with Crippen molar-refractivity contribution in [1.29, 1.82) is 5.26 Å². The SMILES string of the molecule is Cc1cccc(NC(=O)COc2cccc(/C=C(\C#N)C(=O)Nc3ccc(O)cc3)c2)c1C. The number of aromatic hydroxyl groups is 1. The van der Waals surface area contributed by atoms with Crippen LogP contribution in [0.25, 0.3) is 6.08 Å².